The molecule has 3 aromatic rings. The number of carbonyl (C=O) groups is 1. The third-order valence-corrected chi connectivity index (χ3v) is 4.86. The number of fused-ring (bicyclic) bond motifs is 1. The van der Waals surface area contributed by atoms with Crippen molar-refractivity contribution in [3.05, 3.63) is 53.7 Å². The van der Waals surface area contributed by atoms with Crippen LogP contribution in [-0.2, 0) is 11.2 Å². The van der Waals surface area contributed by atoms with Crippen molar-refractivity contribution < 1.29 is 19.0 Å². The van der Waals surface area contributed by atoms with Crippen molar-refractivity contribution in [2.24, 2.45) is 0 Å². The maximum absolute atomic E-state index is 12.5. The number of hydrogen-bond donors (Lipinski definition) is 2. The Kier molecular flexibility index (Phi) is 6.09. The summed E-state index contributed by atoms with van der Waals surface area (Å²) in [5.41, 5.74) is 3.12. The van der Waals surface area contributed by atoms with Gasteiger partial charge in [-0.1, -0.05) is 18.2 Å². The Hall–Kier alpha value is -3.15. The summed E-state index contributed by atoms with van der Waals surface area (Å²) >= 11 is 0. The monoisotopic (exact) mass is 382 g/mol. The van der Waals surface area contributed by atoms with Crippen molar-refractivity contribution in [2.45, 2.75) is 25.8 Å². The fraction of sp³-hybridized carbons (Fsp3) is 0.318. The number of carbonyl (C=O) groups excluding carboxylic acids is 1. The number of ether oxygens (including phenoxy) is 3. The zero-order valence-corrected chi connectivity index (χ0v) is 16.7. The average Bonchev–Trinajstić information content (AvgIpc) is 3.14. The Morgan fingerprint density at radius 3 is 2.39 bits per heavy atom. The van der Waals surface area contributed by atoms with Crippen molar-refractivity contribution in [3.8, 4) is 17.2 Å². The molecule has 0 bridgehead atoms. The summed E-state index contributed by atoms with van der Waals surface area (Å²) in [6.07, 6.45) is 3.06. The van der Waals surface area contributed by atoms with Gasteiger partial charge in [0.2, 0.25) is 11.7 Å². The largest absolute Gasteiger partial charge is 0.493 e. The molecule has 0 aliphatic carbocycles. The van der Waals surface area contributed by atoms with Gasteiger partial charge in [-0.15, -0.1) is 0 Å². The first-order valence-corrected chi connectivity index (χ1v) is 9.21. The van der Waals surface area contributed by atoms with Gasteiger partial charge >= 0.3 is 0 Å². The van der Waals surface area contributed by atoms with Crippen molar-refractivity contribution in [2.75, 3.05) is 21.3 Å². The van der Waals surface area contributed by atoms with Gasteiger partial charge in [-0.2, -0.15) is 0 Å². The van der Waals surface area contributed by atoms with Crippen LogP contribution in [0.1, 0.15) is 30.5 Å². The summed E-state index contributed by atoms with van der Waals surface area (Å²) in [5.74, 6) is 1.66. The Morgan fingerprint density at radius 2 is 1.75 bits per heavy atom. The molecule has 2 N–H and O–H groups in total. The number of para-hydroxylation sites is 1. The molecule has 6 heteroatoms. The molecule has 1 amide bonds. The predicted octanol–water partition coefficient (Wildman–Crippen LogP) is 4.00. The van der Waals surface area contributed by atoms with Crippen LogP contribution >= 0.6 is 0 Å². The van der Waals surface area contributed by atoms with E-state index < -0.39 is 0 Å². The number of amides is 1. The highest BCUT2D eigenvalue weighted by molar-refractivity contribution is 5.84. The lowest BCUT2D eigenvalue weighted by Crippen LogP contribution is -2.26. The molecule has 148 valence electrons. The van der Waals surface area contributed by atoms with Crippen molar-refractivity contribution >= 4 is 16.8 Å². The molecule has 0 aliphatic heterocycles. The molecule has 0 saturated carbocycles. The molecule has 2 aromatic carbocycles. The molecule has 1 atom stereocenters. The fourth-order valence-corrected chi connectivity index (χ4v) is 3.34. The molecule has 0 saturated heterocycles. The molecule has 6 nitrogen and oxygen atoms in total. The number of aromatic amines is 1. The van der Waals surface area contributed by atoms with E-state index in [4.69, 9.17) is 14.2 Å². The van der Waals surface area contributed by atoms with Gasteiger partial charge in [0.25, 0.3) is 0 Å². The van der Waals surface area contributed by atoms with Crippen molar-refractivity contribution in [1.82, 2.24) is 10.3 Å². The Morgan fingerprint density at radius 1 is 1.07 bits per heavy atom. The second kappa shape index (κ2) is 8.69. The van der Waals surface area contributed by atoms with Crippen LogP contribution in [0.2, 0.25) is 0 Å². The molecule has 0 radical (unpaired) electrons. The predicted molar refractivity (Wildman–Crippen MR) is 109 cm³/mol. The fourth-order valence-electron chi connectivity index (χ4n) is 3.34. The first kappa shape index (κ1) is 19.6. The summed E-state index contributed by atoms with van der Waals surface area (Å²) in [5, 5.41) is 4.21. The molecule has 3 rings (SSSR count). The van der Waals surface area contributed by atoms with Gasteiger partial charge in [0.1, 0.15) is 0 Å². The highest BCUT2D eigenvalue weighted by Crippen LogP contribution is 2.39. The van der Waals surface area contributed by atoms with Crippen LogP contribution in [0, 0.1) is 0 Å². The third-order valence-electron chi connectivity index (χ3n) is 4.86. The smallest absolute Gasteiger partial charge is 0.220 e. The van der Waals surface area contributed by atoms with Crippen LogP contribution in [0.5, 0.6) is 17.2 Å². The maximum atomic E-state index is 12.5. The quantitative estimate of drug-likeness (QED) is 0.618. The topological polar surface area (TPSA) is 72.6 Å². The second-order valence-corrected chi connectivity index (χ2v) is 6.61. The Labute approximate surface area is 164 Å². The number of aryl methyl sites for hydroxylation is 1. The number of nitrogens with one attached hydrogen (secondary N) is 2. The van der Waals surface area contributed by atoms with Crippen LogP contribution < -0.4 is 19.5 Å². The molecule has 0 spiro atoms. The summed E-state index contributed by atoms with van der Waals surface area (Å²) in [6.45, 7) is 1.93. The van der Waals surface area contributed by atoms with Gasteiger partial charge in [0.15, 0.2) is 11.5 Å². The van der Waals surface area contributed by atoms with Gasteiger partial charge in [-0.05, 0) is 42.7 Å². The van der Waals surface area contributed by atoms with E-state index in [0.29, 0.717) is 30.1 Å². The SMILES string of the molecule is COc1cc(C(C)NC(=O)CCc2c[nH]c3ccccc23)cc(OC)c1OC. The Bertz CT molecular complexity index is 939. The average molecular weight is 382 g/mol. The molecular weight excluding hydrogens is 356 g/mol. The normalized spacial score (nSPS) is 11.9. The first-order chi connectivity index (χ1) is 13.6. The van der Waals surface area contributed by atoms with E-state index >= 15 is 0 Å². The number of aromatic nitrogens is 1. The second-order valence-electron chi connectivity index (χ2n) is 6.61. The van der Waals surface area contributed by atoms with Gasteiger partial charge in [0.05, 0.1) is 27.4 Å². The summed E-state index contributed by atoms with van der Waals surface area (Å²) in [6, 6.07) is 11.6. The van der Waals surface area contributed by atoms with Crippen LogP contribution in [0.15, 0.2) is 42.6 Å². The summed E-state index contributed by atoms with van der Waals surface area (Å²) in [7, 11) is 4.72. The lowest BCUT2D eigenvalue weighted by atomic mass is 10.1. The summed E-state index contributed by atoms with van der Waals surface area (Å²) in [4.78, 5) is 15.7. The molecule has 1 aromatic heterocycles. The zero-order chi connectivity index (χ0) is 20.1. The number of rotatable bonds is 8. The van der Waals surface area contributed by atoms with Gasteiger partial charge < -0.3 is 24.5 Å². The minimum Gasteiger partial charge on any atom is -0.493 e. The molecule has 28 heavy (non-hydrogen) atoms. The van der Waals surface area contributed by atoms with Crippen molar-refractivity contribution in [1.29, 1.82) is 0 Å². The molecular formula is C22H26N2O4. The standard InChI is InChI=1S/C22H26N2O4/c1-14(16-11-19(26-2)22(28-4)20(12-16)27-3)24-21(25)10-9-15-13-23-18-8-6-5-7-17(15)18/h5-8,11-14,23H,9-10H2,1-4H3,(H,24,25). The molecule has 0 fully saturated rings. The van der Waals surface area contributed by atoms with Gasteiger partial charge in [-0.25, -0.2) is 0 Å². The number of H-pyrrole nitrogens is 1. The number of hydrogen-bond acceptors (Lipinski definition) is 4. The molecule has 1 unspecified atom stereocenters. The molecule has 0 aliphatic rings. The first-order valence-electron chi connectivity index (χ1n) is 9.21. The number of benzene rings is 2. The lowest BCUT2D eigenvalue weighted by molar-refractivity contribution is -0.121. The maximum Gasteiger partial charge on any atom is 0.220 e. The highest BCUT2D eigenvalue weighted by atomic mass is 16.5. The Balaban J connectivity index is 1.67. The van der Waals surface area contributed by atoms with Gasteiger partial charge in [-0.3, -0.25) is 4.79 Å². The minimum absolute atomic E-state index is 0.00784. The third kappa shape index (κ3) is 4.06. The lowest BCUT2D eigenvalue weighted by Gasteiger charge is -2.18. The van der Waals surface area contributed by atoms with Crippen LogP contribution in [-0.4, -0.2) is 32.2 Å². The number of methoxy groups -OCH3 is 3. The highest BCUT2D eigenvalue weighted by Gasteiger charge is 2.17. The van der Waals surface area contributed by atoms with E-state index in [1.807, 2.05) is 43.5 Å². The van der Waals surface area contributed by atoms with E-state index in [9.17, 15) is 4.79 Å². The van der Waals surface area contributed by atoms with Gasteiger partial charge in [0, 0.05) is 23.5 Å². The van der Waals surface area contributed by atoms with Crippen molar-refractivity contribution in [3.63, 3.8) is 0 Å². The zero-order valence-electron chi connectivity index (χ0n) is 16.7. The van der Waals surface area contributed by atoms with E-state index in [1.54, 1.807) is 21.3 Å². The van der Waals surface area contributed by atoms with E-state index in [2.05, 4.69) is 16.4 Å². The molecule has 1 heterocycles. The van der Waals surface area contributed by atoms with Crippen LogP contribution in [0.3, 0.4) is 0 Å². The van der Waals surface area contributed by atoms with E-state index in [1.165, 1.54) is 0 Å². The minimum atomic E-state index is -0.191. The summed E-state index contributed by atoms with van der Waals surface area (Å²) < 4.78 is 16.1. The van der Waals surface area contributed by atoms with E-state index in [0.717, 1.165) is 22.0 Å². The van der Waals surface area contributed by atoms with Crippen LogP contribution in [0.4, 0.5) is 0 Å². The van der Waals surface area contributed by atoms with E-state index in [-0.39, 0.29) is 11.9 Å². The van der Waals surface area contributed by atoms with Crippen LogP contribution in [0.25, 0.3) is 10.9 Å².